The molecular formula is C13H15ClN2O3. The molecule has 1 aromatic rings. The molecule has 0 aromatic heterocycles. The molecule has 1 aliphatic rings. The molecule has 0 saturated heterocycles. The topological polar surface area (TPSA) is 60.9 Å². The summed E-state index contributed by atoms with van der Waals surface area (Å²) in [4.78, 5) is 26.2. The predicted octanol–water partition coefficient (Wildman–Crippen LogP) is 1.90. The Morgan fingerprint density at radius 2 is 2.05 bits per heavy atom. The number of aliphatic carboxylic acids is 1. The molecule has 1 N–H and O–H groups in total. The highest BCUT2D eigenvalue weighted by atomic mass is 35.5. The Labute approximate surface area is 116 Å². The van der Waals surface area contributed by atoms with E-state index < -0.39 is 12.0 Å². The molecule has 1 aliphatic heterocycles. The average molecular weight is 283 g/mol. The van der Waals surface area contributed by atoms with E-state index in [1.54, 1.807) is 25.1 Å². The van der Waals surface area contributed by atoms with Crippen LogP contribution in [-0.2, 0) is 9.59 Å². The molecule has 1 heterocycles. The van der Waals surface area contributed by atoms with Crippen LogP contribution in [0.1, 0.15) is 12.0 Å². The molecule has 5 nitrogen and oxygen atoms in total. The van der Waals surface area contributed by atoms with Crippen molar-refractivity contribution in [3.63, 3.8) is 0 Å². The van der Waals surface area contributed by atoms with Crippen molar-refractivity contribution in [3.05, 3.63) is 22.7 Å². The zero-order valence-corrected chi connectivity index (χ0v) is 11.7. The first-order valence-electron chi connectivity index (χ1n) is 5.85. The zero-order chi connectivity index (χ0) is 14.3. The van der Waals surface area contributed by atoms with Crippen LogP contribution in [0.4, 0.5) is 11.4 Å². The molecule has 0 saturated carbocycles. The van der Waals surface area contributed by atoms with Gasteiger partial charge < -0.3 is 14.9 Å². The number of benzene rings is 1. The highest BCUT2D eigenvalue weighted by Crippen LogP contribution is 2.41. The number of nitrogens with zero attached hydrogens (tertiary/aromatic N) is 2. The third-order valence-corrected chi connectivity index (χ3v) is 3.64. The quantitative estimate of drug-likeness (QED) is 0.900. The molecule has 1 atom stereocenters. The molecule has 1 aromatic carbocycles. The summed E-state index contributed by atoms with van der Waals surface area (Å²) in [7, 11) is 3.33. The van der Waals surface area contributed by atoms with E-state index in [9.17, 15) is 9.59 Å². The van der Waals surface area contributed by atoms with E-state index in [2.05, 4.69) is 0 Å². The maximum Gasteiger partial charge on any atom is 0.305 e. The summed E-state index contributed by atoms with van der Waals surface area (Å²) in [6, 6.07) is 2.94. The number of carboxylic acid groups (broad SMARTS) is 1. The smallest absolute Gasteiger partial charge is 0.305 e. The molecular weight excluding hydrogens is 268 g/mol. The van der Waals surface area contributed by atoms with Crippen molar-refractivity contribution in [2.24, 2.45) is 0 Å². The summed E-state index contributed by atoms with van der Waals surface area (Å²) in [6.07, 6.45) is -0.247. The molecule has 0 fully saturated rings. The number of hydrogen-bond donors (Lipinski definition) is 1. The van der Waals surface area contributed by atoms with Crippen molar-refractivity contribution in [3.8, 4) is 0 Å². The first-order chi connectivity index (χ1) is 8.82. The van der Waals surface area contributed by atoms with Gasteiger partial charge in [-0.05, 0) is 24.6 Å². The van der Waals surface area contributed by atoms with E-state index in [1.807, 2.05) is 13.0 Å². The molecule has 1 amide bonds. The summed E-state index contributed by atoms with van der Waals surface area (Å²) in [5, 5.41) is 9.44. The normalized spacial score (nSPS) is 18.5. The molecule has 6 heteroatoms. The number of amides is 1. The highest BCUT2D eigenvalue weighted by Gasteiger charge is 2.37. The van der Waals surface area contributed by atoms with E-state index in [0.717, 1.165) is 5.56 Å². The Bertz CT molecular complexity index is 559. The Morgan fingerprint density at radius 3 is 2.63 bits per heavy atom. The van der Waals surface area contributed by atoms with Crippen LogP contribution in [0.25, 0.3) is 0 Å². The number of carbonyl (C=O) groups is 2. The van der Waals surface area contributed by atoms with Crippen LogP contribution in [-0.4, -0.2) is 37.1 Å². The van der Waals surface area contributed by atoms with Gasteiger partial charge in [0.15, 0.2) is 0 Å². The van der Waals surface area contributed by atoms with Gasteiger partial charge in [-0.25, -0.2) is 0 Å². The van der Waals surface area contributed by atoms with Crippen LogP contribution < -0.4 is 9.80 Å². The van der Waals surface area contributed by atoms with Gasteiger partial charge in [-0.2, -0.15) is 0 Å². The Balaban J connectivity index is 2.55. The number of carboxylic acids is 1. The molecule has 0 bridgehead atoms. The summed E-state index contributed by atoms with van der Waals surface area (Å²) in [6.45, 7) is 1.90. The maximum atomic E-state index is 12.2. The van der Waals surface area contributed by atoms with E-state index in [1.165, 1.54) is 4.90 Å². The van der Waals surface area contributed by atoms with Gasteiger partial charge in [-0.15, -0.1) is 0 Å². The zero-order valence-electron chi connectivity index (χ0n) is 11.0. The minimum Gasteiger partial charge on any atom is -0.481 e. The lowest BCUT2D eigenvalue weighted by atomic mass is 10.0. The number of rotatable bonds is 2. The van der Waals surface area contributed by atoms with Crippen LogP contribution in [0.15, 0.2) is 12.1 Å². The van der Waals surface area contributed by atoms with Gasteiger partial charge in [0.05, 0.1) is 22.8 Å². The maximum absolute atomic E-state index is 12.2. The van der Waals surface area contributed by atoms with Gasteiger partial charge in [0, 0.05) is 14.1 Å². The van der Waals surface area contributed by atoms with E-state index in [0.29, 0.717) is 16.4 Å². The number of likely N-dealkylation sites (N-methyl/N-ethyl adjacent to an activating group) is 2. The minimum absolute atomic E-state index is 0.237. The lowest BCUT2D eigenvalue weighted by molar-refractivity contribution is -0.139. The van der Waals surface area contributed by atoms with Crippen LogP contribution in [0.5, 0.6) is 0 Å². The van der Waals surface area contributed by atoms with Gasteiger partial charge in [-0.1, -0.05) is 11.6 Å². The van der Waals surface area contributed by atoms with Gasteiger partial charge in [-0.3, -0.25) is 9.59 Å². The number of carbonyl (C=O) groups excluding carboxylic acids is 1. The fourth-order valence-corrected chi connectivity index (χ4v) is 2.78. The lowest BCUT2D eigenvalue weighted by Gasteiger charge is -2.39. The summed E-state index contributed by atoms with van der Waals surface area (Å²) in [5.74, 6) is -1.25. The van der Waals surface area contributed by atoms with Crippen molar-refractivity contribution in [2.45, 2.75) is 19.4 Å². The van der Waals surface area contributed by atoms with Crippen molar-refractivity contribution >= 4 is 34.9 Å². The van der Waals surface area contributed by atoms with Gasteiger partial charge in [0.1, 0.15) is 6.04 Å². The number of fused-ring (bicyclic) bond motifs is 1. The van der Waals surface area contributed by atoms with E-state index in [4.69, 9.17) is 16.7 Å². The second kappa shape index (κ2) is 4.74. The molecule has 1 unspecified atom stereocenters. The lowest BCUT2D eigenvalue weighted by Crippen LogP contribution is -2.51. The van der Waals surface area contributed by atoms with Crippen LogP contribution in [0.3, 0.4) is 0 Å². The SMILES string of the molecule is Cc1cc(Cl)c2c(c1)N(C)C(=O)C(CC(=O)O)N2C. The second-order valence-corrected chi connectivity index (χ2v) is 5.14. The fraction of sp³-hybridized carbons (Fsp3) is 0.385. The van der Waals surface area contributed by atoms with Crippen molar-refractivity contribution in [1.82, 2.24) is 0 Å². The van der Waals surface area contributed by atoms with E-state index >= 15 is 0 Å². The predicted molar refractivity (Wildman–Crippen MR) is 74.0 cm³/mol. The first-order valence-corrected chi connectivity index (χ1v) is 6.23. The van der Waals surface area contributed by atoms with Gasteiger partial charge in [0.2, 0.25) is 5.91 Å². The third kappa shape index (κ3) is 2.26. The Hall–Kier alpha value is -1.75. The minimum atomic E-state index is -1.01. The number of anilines is 2. The molecule has 0 spiro atoms. The first kappa shape index (κ1) is 13.7. The summed E-state index contributed by atoms with van der Waals surface area (Å²) < 4.78 is 0. The molecule has 102 valence electrons. The number of aryl methyl sites for hydroxylation is 1. The van der Waals surface area contributed by atoms with Crippen LogP contribution in [0, 0.1) is 6.92 Å². The molecule has 19 heavy (non-hydrogen) atoms. The standard InChI is InChI=1S/C13H15ClN2O3/c1-7-4-8(14)12-9(5-7)16(3)13(19)10(15(12)2)6-11(17)18/h4-5,10H,6H2,1-3H3,(H,17,18). The third-order valence-electron chi connectivity index (χ3n) is 3.35. The van der Waals surface area contributed by atoms with Crippen molar-refractivity contribution < 1.29 is 14.7 Å². The number of halogens is 1. The molecule has 2 rings (SSSR count). The summed E-state index contributed by atoms with van der Waals surface area (Å²) in [5.41, 5.74) is 2.35. The highest BCUT2D eigenvalue weighted by molar-refractivity contribution is 6.34. The largest absolute Gasteiger partial charge is 0.481 e. The van der Waals surface area contributed by atoms with Crippen LogP contribution >= 0.6 is 11.6 Å². The Morgan fingerprint density at radius 1 is 1.42 bits per heavy atom. The van der Waals surface area contributed by atoms with Crippen molar-refractivity contribution in [2.75, 3.05) is 23.9 Å². The van der Waals surface area contributed by atoms with Crippen molar-refractivity contribution in [1.29, 1.82) is 0 Å². The van der Waals surface area contributed by atoms with E-state index in [-0.39, 0.29) is 12.3 Å². The average Bonchev–Trinajstić information content (AvgIpc) is 2.30. The molecule has 0 aliphatic carbocycles. The fourth-order valence-electron chi connectivity index (χ4n) is 2.37. The summed E-state index contributed by atoms with van der Waals surface area (Å²) >= 11 is 6.23. The monoisotopic (exact) mass is 282 g/mol. The Kier molecular flexibility index (Phi) is 3.41. The van der Waals surface area contributed by atoms with Crippen LogP contribution in [0.2, 0.25) is 5.02 Å². The van der Waals surface area contributed by atoms with Gasteiger partial charge >= 0.3 is 5.97 Å². The second-order valence-electron chi connectivity index (χ2n) is 4.74. The van der Waals surface area contributed by atoms with Gasteiger partial charge in [0.25, 0.3) is 0 Å². The number of hydrogen-bond acceptors (Lipinski definition) is 3. The molecule has 0 radical (unpaired) electrons.